The molecule has 0 fully saturated rings. The Balaban J connectivity index is 1.82. The summed E-state index contributed by atoms with van der Waals surface area (Å²) in [6, 6.07) is 7.59. The van der Waals surface area contributed by atoms with Gasteiger partial charge in [-0.15, -0.1) is 0 Å². The minimum Gasteiger partial charge on any atom is -0.346 e. The number of aryl methyl sites for hydroxylation is 1. The van der Waals surface area contributed by atoms with Crippen LogP contribution in [0.1, 0.15) is 21.7 Å². The number of amides is 1. The molecule has 2 aromatic heterocycles. The monoisotopic (exact) mass is 300 g/mol. The van der Waals surface area contributed by atoms with Crippen LogP contribution in [0.4, 0.5) is 4.39 Å². The third kappa shape index (κ3) is 2.60. The number of carbonyl (C=O) groups excluding carboxylic acids is 1. The molecule has 0 saturated carbocycles. The molecule has 0 aliphatic carbocycles. The number of aromatic nitrogens is 3. The van der Waals surface area contributed by atoms with Crippen molar-refractivity contribution in [1.29, 1.82) is 0 Å². The zero-order chi connectivity index (χ0) is 15.7. The Morgan fingerprint density at radius 1 is 1.41 bits per heavy atom. The number of hydrogen-bond acceptors (Lipinski definition) is 3. The molecule has 0 unspecified atom stereocenters. The molecule has 22 heavy (non-hydrogen) atoms. The van der Waals surface area contributed by atoms with Crippen molar-refractivity contribution in [1.82, 2.24) is 19.9 Å². The highest BCUT2D eigenvalue weighted by Gasteiger charge is 2.13. The molecule has 2 heterocycles. The molecule has 1 amide bonds. The number of fused-ring (bicyclic) bond motifs is 1. The number of halogens is 1. The summed E-state index contributed by atoms with van der Waals surface area (Å²) in [5.74, 6) is -0.853. The second kappa shape index (κ2) is 5.44. The first-order valence-corrected chi connectivity index (χ1v) is 6.65. The van der Waals surface area contributed by atoms with Gasteiger partial charge in [-0.2, -0.15) is 5.10 Å². The molecular weight excluding hydrogens is 287 g/mol. The molecule has 1 aromatic carbocycles. The molecule has 0 radical (unpaired) electrons. The van der Waals surface area contributed by atoms with E-state index in [-0.39, 0.29) is 29.1 Å². The first-order chi connectivity index (χ1) is 10.5. The largest absolute Gasteiger partial charge is 0.346 e. The lowest BCUT2D eigenvalue weighted by molar-refractivity contribution is 0.0945. The second-order valence-corrected chi connectivity index (χ2v) is 4.90. The van der Waals surface area contributed by atoms with Crippen molar-refractivity contribution in [2.45, 2.75) is 13.5 Å². The van der Waals surface area contributed by atoms with Crippen molar-refractivity contribution in [2.75, 3.05) is 0 Å². The van der Waals surface area contributed by atoms with Gasteiger partial charge in [-0.3, -0.25) is 9.59 Å². The van der Waals surface area contributed by atoms with Crippen LogP contribution in [0.2, 0.25) is 0 Å². The Kier molecular flexibility index (Phi) is 3.46. The number of nitrogens with zero attached hydrogens (tertiary/aromatic N) is 2. The Hall–Kier alpha value is -2.96. The van der Waals surface area contributed by atoms with Crippen molar-refractivity contribution in [3.63, 3.8) is 0 Å². The van der Waals surface area contributed by atoms with Crippen LogP contribution in [0.5, 0.6) is 0 Å². The maximum absolute atomic E-state index is 13.5. The quantitative estimate of drug-likeness (QED) is 0.767. The zero-order valence-corrected chi connectivity index (χ0v) is 11.8. The van der Waals surface area contributed by atoms with E-state index in [1.54, 1.807) is 31.3 Å². The second-order valence-electron chi connectivity index (χ2n) is 4.90. The van der Waals surface area contributed by atoms with Gasteiger partial charge in [0.2, 0.25) is 0 Å². The molecule has 112 valence electrons. The van der Waals surface area contributed by atoms with E-state index in [4.69, 9.17) is 0 Å². The third-order valence-electron chi connectivity index (χ3n) is 3.22. The first-order valence-electron chi connectivity index (χ1n) is 6.65. The summed E-state index contributed by atoms with van der Waals surface area (Å²) in [5, 5.41) is 6.64. The van der Waals surface area contributed by atoms with Crippen LogP contribution in [-0.2, 0) is 6.54 Å². The summed E-state index contributed by atoms with van der Waals surface area (Å²) < 4.78 is 14.8. The van der Waals surface area contributed by atoms with Gasteiger partial charge >= 0.3 is 0 Å². The van der Waals surface area contributed by atoms with E-state index in [9.17, 15) is 14.0 Å². The average Bonchev–Trinajstić information content (AvgIpc) is 2.90. The molecule has 0 bridgehead atoms. The Morgan fingerprint density at radius 3 is 2.95 bits per heavy atom. The van der Waals surface area contributed by atoms with Crippen molar-refractivity contribution in [3.8, 4) is 0 Å². The fourth-order valence-electron chi connectivity index (χ4n) is 2.14. The topological polar surface area (TPSA) is 79.3 Å². The molecule has 6 nitrogen and oxygen atoms in total. The Bertz CT molecular complexity index is 913. The number of hydrogen-bond donors (Lipinski definition) is 2. The predicted molar refractivity (Wildman–Crippen MR) is 78.1 cm³/mol. The van der Waals surface area contributed by atoms with Gasteiger partial charge in [-0.1, -0.05) is 18.2 Å². The number of nitrogens with one attached hydrogen (secondary N) is 2. The summed E-state index contributed by atoms with van der Waals surface area (Å²) in [6.07, 6.45) is 1.62. The van der Waals surface area contributed by atoms with Crippen LogP contribution < -0.4 is 10.9 Å². The van der Waals surface area contributed by atoms with Crippen LogP contribution in [-0.4, -0.2) is 20.5 Å². The predicted octanol–water partition coefficient (Wildman–Crippen LogP) is 1.40. The van der Waals surface area contributed by atoms with E-state index in [1.165, 1.54) is 16.6 Å². The average molecular weight is 300 g/mol. The van der Waals surface area contributed by atoms with Crippen LogP contribution in [0, 0.1) is 12.7 Å². The van der Waals surface area contributed by atoms with E-state index in [0.29, 0.717) is 11.3 Å². The van der Waals surface area contributed by atoms with E-state index < -0.39 is 5.91 Å². The normalized spacial score (nSPS) is 10.8. The lowest BCUT2D eigenvalue weighted by atomic mass is 10.2. The highest BCUT2D eigenvalue weighted by atomic mass is 19.1. The van der Waals surface area contributed by atoms with Gasteiger partial charge in [-0.25, -0.2) is 8.91 Å². The van der Waals surface area contributed by atoms with Crippen LogP contribution in [0.15, 0.2) is 41.3 Å². The van der Waals surface area contributed by atoms with Gasteiger partial charge in [-0.05, 0) is 13.0 Å². The van der Waals surface area contributed by atoms with E-state index in [0.717, 1.165) is 0 Å². The number of H-pyrrole nitrogens is 1. The molecule has 3 aromatic rings. The Labute approximate surface area is 124 Å². The summed E-state index contributed by atoms with van der Waals surface area (Å²) >= 11 is 0. The van der Waals surface area contributed by atoms with Gasteiger partial charge < -0.3 is 10.3 Å². The first kappa shape index (κ1) is 14.0. The van der Waals surface area contributed by atoms with E-state index in [2.05, 4.69) is 15.4 Å². The summed E-state index contributed by atoms with van der Waals surface area (Å²) in [6.45, 7) is 1.77. The van der Waals surface area contributed by atoms with Crippen molar-refractivity contribution >= 4 is 11.4 Å². The maximum atomic E-state index is 13.5. The molecular formula is C15H13FN4O2. The molecule has 0 aliphatic heterocycles. The van der Waals surface area contributed by atoms with Crippen molar-refractivity contribution in [3.05, 3.63) is 69.7 Å². The van der Waals surface area contributed by atoms with Gasteiger partial charge in [0.15, 0.2) is 5.69 Å². The van der Waals surface area contributed by atoms with Gasteiger partial charge in [0.25, 0.3) is 11.5 Å². The van der Waals surface area contributed by atoms with Crippen molar-refractivity contribution < 1.29 is 9.18 Å². The summed E-state index contributed by atoms with van der Waals surface area (Å²) in [5.41, 5.74) is 1.09. The number of aromatic amines is 1. The Morgan fingerprint density at radius 2 is 2.18 bits per heavy atom. The van der Waals surface area contributed by atoms with E-state index >= 15 is 0 Å². The molecule has 0 atom stereocenters. The molecule has 7 heteroatoms. The van der Waals surface area contributed by atoms with Gasteiger partial charge in [0, 0.05) is 30.1 Å². The highest BCUT2D eigenvalue weighted by Crippen LogP contribution is 2.07. The SMILES string of the molecule is Cc1cn2nc(C(=O)NCc3ccccc3F)cc2c(=O)[nH]1. The maximum Gasteiger partial charge on any atom is 0.274 e. The fraction of sp³-hybridized carbons (Fsp3) is 0.133. The third-order valence-corrected chi connectivity index (χ3v) is 3.22. The minimum atomic E-state index is -0.469. The number of rotatable bonds is 3. The number of benzene rings is 1. The van der Waals surface area contributed by atoms with E-state index in [1.807, 2.05) is 0 Å². The van der Waals surface area contributed by atoms with Gasteiger partial charge in [0.1, 0.15) is 11.3 Å². The van der Waals surface area contributed by atoms with Gasteiger partial charge in [0.05, 0.1) is 0 Å². The molecule has 3 rings (SSSR count). The molecule has 0 aliphatic rings. The standard InChI is InChI=1S/C15H13FN4O2/c1-9-8-20-13(15(22)18-9)6-12(19-20)14(21)17-7-10-4-2-3-5-11(10)16/h2-6,8H,7H2,1H3,(H,17,21)(H,18,22). The highest BCUT2D eigenvalue weighted by molar-refractivity contribution is 5.93. The lowest BCUT2D eigenvalue weighted by Gasteiger charge is -2.04. The fourth-order valence-corrected chi connectivity index (χ4v) is 2.14. The minimum absolute atomic E-state index is 0.0504. The van der Waals surface area contributed by atoms with Crippen molar-refractivity contribution in [2.24, 2.45) is 0 Å². The van der Waals surface area contributed by atoms with Crippen LogP contribution >= 0.6 is 0 Å². The number of carbonyl (C=O) groups is 1. The van der Waals surface area contributed by atoms with Crippen LogP contribution in [0.25, 0.3) is 5.52 Å². The summed E-state index contributed by atoms with van der Waals surface area (Å²) in [4.78, 5) is 26.5. The smallest absolute Gasteiger partial charge is 0.274 e. The molecule has 2 N–H and O–H groups in total. The zero-order valence-electron chi connectivity index (χ0n) is 11.8. The lowest BCUT2D eigenvalue weighted by Crippen LogP contribution is -2.23. The molecule has 0 saturated heterocycles. The van der Waals surface area contributed by atoms with Crippen LogP contribution in [0.3, 0.4) is 0 Å². The summed E-state index contributed by atoms with van der Waals surface area (Å²) in [7, 11) is 0. The molecule has 0 spiro atoms.